The Morgan fingerprint density at radius 3 is 1.24 bits per heavy atom. The Bertz CT molecular complexity index is 746. The molecule has 0 heterocycles. The minimum atomic E-state index is -0.772. The SMILES string of the molecule is CCCCC/C=C/C/C=C/CCCCCCCC(=O)OC[C@H](CO)OC(=O)CCCCCCCCCCCCCCCCCCCCCC. The van der Waals surface area contributed by atoms with Crippen molar-refractivity contribution in [3.8, 4) is 0 Å². The van der Waals surface area contributed by atoms with E-state index >= 15 is 0 Å². The van der Waals surface area contributed by atoms with Crippen LogP contribution in [-0.4, -0.2) is 36.4 Å². The van der Waals surface area contributed by atoms with E-state index in [4.69, 9.17) is 9.47 Å². The topological polar surface area (TPSA) is 72.8 Å². The molecule has 1 atom stereocenters. The lowest BCUT2D eigenvalue weighted by molar-refractivity contribution is -0.161. The maximum absolute atomic E-state index is 12.2. The van der Waals surface area contributed by atoms with Gasteiger partial charge < -0.3 is 14.6 Å². The van der Waals surface area contributed by atoms with Crippen molar-refractivity contribution in [3.05, 3.63) is 24.3 Å². The molecule has 0 saturated carbocycles. The van der Waals surface area contributed by atoms with Gasteiger partial charge in [-0.3, -0.25) is 9.59 Å². The van der Waals surface area contributed by atoms with Crippen LogP contribution in [0.2, 0.25) is 0 Å². The van der Waals surface area contributed by atoms with Crippen molar-refractivity contribution in [1.82, 2.24) is 0 Å². The van der Waals surface area contributed by atoms with Crippen LogP contribution in [0.15, 0.2) is 24.3 Å². The second-order valence-corrected chi connectivity index (χ2v) is 14.4. The summed E-state index contributed by atoms with van der Waals surface area (Å²) in [4.78, 5) is 24.3. The molecule has 0 aromatic carbocycles. The Morgan fingerprint density at radius 2 is 0.816 bits per heavy atom. The highest BCUT2D eigenvalue weighted by molar-refractivity contribution is 5.70. The number of ether oxygens (including phenoxy) is 2. The number of unbranched alkanes of at least 4 members (excludes halogenated alkanes) is 27. The number of hydrogen-bond acceptors (Lipinski definition) is 5. The summed E-state index contributed by atoms with van der Waals surface area (Å²) >= 11 is 0. The number of carbonyl (C=O) groups is 2. The van der Waals surface area contributed by atoms with E-state index in [1.54, 1.807) is 0 Å². The lowest BCUT2D eigenvalue weighted by atomic mass is 10.0. The largest absolute Gasteiger partial charge is 0.462 e. The zero-order chi connectivity index (χ0) is 35.7. The van der Waals surface area contributed by atoms with E-state index in [1.165, 1.54) is 148 Å². The van der Waals surface area contributed by atoms with Crippen molar-refractivity contribution in [2.45, 2.75) is 232 Å². The number of aliphatic hydroxyl groups excluding tert-OH is 1. The summed E-state index contributed by atoms with van der Waals surface area (Å²) in [6, 6.07) is 0. The van der Waals surface area contributed by atoms with Crippen molar-refractivity contribution in [2.24, 2.45) is 0 Å². The first-order chi connectivity index (χ1) is 24.1. The van der Waals surface area contributed by atoms with Crippen LogP contribution in [0.3, 0.4) is 0 Å². The van der Waals surface area contributed by atoms with E-state index in [-0.39, 0.29) is 25.2 Å². The maximum Gasteiger partial charge on any atom is 0.306 e. The number of esters is 2. The molecule has 0 spiro atoms. The predicted octanol–water partition coefficient (Wildman–Crippen LogP) is 13.5. The van der Waals surface area contributed by atoms with Gasteiger partial charge in [-0.25, -0.2) is 0 Å². The van der Waals surface area contributed by atoms with Crippen LogP contribution in [0.5, 0.6) is 0 Å². The summed E-state index contributed by atoms with van der Waals surface area (Å²) in [5.41, 5.74) is 0. The summed E-state index contributed by atoms with van der Waals surface area (Å²) in [5.74, 6) is -0.597. The summed E-state index contributed by atoms with van der Waals surface area (Å²) in [6.07, 6.45) is 48.2. The fourth-order valence-electron chi connectivity index (χ4n) is 6.23. The molecule has 0 amide bonds. The summed E-state index contributed by atoms with van der Waals surface area (Å²) < 4.78 is 10.6. The number of aliphatic hydroxyl groups is 1. The van der Waals surface area contributed by atoms with E-state index in [1.807, 2.05) is 0 Å². The highest BCUT2D eigenvalue weighted by Crippen LogP contribution is 2.15. The minimum absolute atomic E-state index is 0.0689. The molecule has 0 rings (SSSR count). The lowest BCUT2D eigenvalue weighted by Gasteiger charge is -2.15. The quantitative estimate of drug-likeness (QED) is 0.0395. The fourth-order valence-corrected chi connectivity index (χ4v) is 6.23. The van der Waals surface area contributed by atoms with Gasteiger partial charge in [-0.1, -0.05) is 192 Å². The smallest absolute Gasteiger partial charge is 0.306 e. The average Bonchev–Trinajstić information content (AvgIpc) is 3.10. The third-order valence-corrected chi connectivity index (χ3v) is 9.50. The first-order valence-corrected chi connectivity index (χ1v) is 21.4. The highest BCUT2D eigenvalue weighted by atomic mass is 16.6. The Balaban J connectivity index is 3.51. The van der Waals surface area contributed by atoms with E-state index in [9.17, 15) is 14.7 Å². The maximum atomic E-state index is 12.2. The fraction of sp³-hybridized carbons (Fsp3) is 0.864. The second kappa shape index (κ2) is 40.8. The molecule has 0 aliphatic heterocycles. The van der Waals surface area contributed by atoms with Crippen molar-refractivity contribution in [3.63, 3.8) is 0 Å². The van der Waals surface area contributed by atoms with Gasteiger partial charge in [-0.15, -0.1) is 0 Å². The molecule has 288 valence electrons. The van der Waals surface area contributed by atoms with E-state index in [0.717, 1.165) is 51.4 Å². The van der Waals surface area contributed by atoms with Crippen LogP contribution in [0.4, 0.5) is 0 Å². The van der Waals surface area contributed by atoms with Gasteiger partial charge in [0, 0.05) is 12.8 Å². The molecule has 0 unspecified atom stereocenters. The van der Waals surface area contributed by atoms with Crippen molar-refractivity contribution >= 4 is 11.9 Å². The standard InChI is InChI=1S/C44H82O5/c1-3-5-7-9-11-13-15-17-19-20-21-22-23-25-27-29-31-33-35-37-39-44(47)49-42(40-45)41-48-43(46)38-36-34-32-30-28-26-24-18-16-14-12-10-8-6-4-2/h12,14,18,24,42,45H,3-11,13,15-17,19-23,25-41H2,1-2H3/b14-12+,24-18+/t42-/m0/s1. The molecule has 5 heteroatoms. The van der Waals surface area contributed by atoms with Crippen LogP contribution >= 0.6 is 0 Å². The van der Waals surface area contributed by atoms with Gasteiger partial charge in [-0.05, 0) is 44.9 Å². The van der Waals surface area contributed by atoms with Crippen molar-refractivity contribution in [1.29, 1.82) is 0 Å². The second-order valence-electron chi connectivity index (χ2n) is 14.4. The number of hydrogen-bond donors (Lipinski definition) is 1. The van der Waals surface area contributed by atoms with Gasteiger partial charge in [0.25, 0.3) is 0 Å². The normalized spacial score (nSPS) is 12.3. The predicted molar refractivity (Wildman–Crippen MR) is 210 cm³/mol. The van der Waals surface area contributed by atoms with Gasteiger partial charge in [0.15, 0.2) is 6.10 Å². The van der Waals surface area contributed by atoms with Gasteiger partial charge >= 0.3 is 11.9 Å². The van der Waals surface area contributed by atoms with Crippen molar-refractivity contribution < 1.29 is 24.2 Å². The van der Waals surface area contributed by atoms with Crippen LogP contribution in [0, 0.1) is 0 Å². The molecule has 0 bridgehead atoms. The molecule has 0 fully saturated rings. The van der Waals surface area contributed by atoms with E-state index in [2.05, 4.69) is 38.2 Å². The van der Waals surface area contributed by atoms with Crippen LogP contribution in [0.25, 0.3) is 0 Å². The molecule has 0 saturated heterocycles. The third-order valence-electron chi connectivity index (χ3n) is 9.50. The van der Waals surface area contributed by atoms with Crippen LogP contribution < -0.4 is 0 Å². The number of allylic oxidation sites excluding steroid dienone is 4. The van der Waals surface area contributed by atoms with E-state index in [0.29, 0.717) is 12.8 Å². The average molecular weight is 691 g/mol. The Hall–Kier alpha value is -1.62. The van der Waals surface area contributed by atoms with Gasteiger partial charge in [0.1, 0.15) is 6.61 Å². The number of rotatable bonds is 39. The van der Waals surface area contributed by atoms with Crippen LogP contribution in [-0.2, 0) is 19.1 Å². The third kappa shape index (κ3) is 39.0. The summed E-state index contributed by atoms with van der Waals surface area (Å²) in [5, 5.41) is 9.57. The molecule has 0 aromatic heterocycles. The zero-order valence-electron chi connectivity index (χ0n) is 32.7. The van der Waals surface area contributed by atoms with Gasteiger partial charge in [-0.2, -0.15) is 0 Å². The first-order valence-electron chi connectivity index (χ1n) is 21.4. The summed E-state index contributed by atoms with van der Waals surface area (Å²) in [7, 11) is 0. The molecular formula is C44H82O5. The first kappa shape index (κ1) is 47.4. The summed E-state index contributed by atoms with van der Waals surface area (Å²) in [6.45, 7) is 4.12. The van der Waals surface area contributed by atoms with Crippen LogP contribution in [0.1, 0.15) is 226 Å². The molecule has 0 aliphatic carbocycles. The Labute approximate surface area is 304 Å². The van der Waals surface area contributed by atoms with E-state index < -0.39 is 6.10 Å². The lowest BCUT2D eigenvalue weighted by Crippen LogP contribution is -2.28. The molecule has 1 N–H and O–H groups in total. The Kier molecular flexibility index (Phi) is 39.5. The minimum Gasteiger partial charge on any atom is -0.462 e. The molecule has 49 heavy (non-hydrogen) atoms. The molecule has 5 nitrogen and oxygen atoms in total. The molecule has 0 aromatic rings. The molecular weight excluding hydrogens is 608 g/mol. The highest BCUT2D eigenvalue weighted by Gasteiger charge is 2.16. The molecule has 0 radical (unpaired) electrons. The van der Waals surface area contributed by atoms with Gasteiger partial charge in [0.05, 0.1) is 6.61 Å². The zero-order valence-corrected chi connectivity index (χ0v) is 32.7. The van der Waals surface area contributed by atoms with Gasteiger partial charge in [0.2, 0.25) is 0 Å². The monoisotopic (exact) mass is 691 g/mol. The van der Waals surface area contributed by atoms with Crippen molar-refractivity contribution in [2.75, 3.05) is 13.2 Å². The molecule has 0 aliphatic rings. The number of carbonyl (C=O) groups excluding carboxylic acids is 2. The Morgan fingerprint density at radius 1 is 0.469 bits per heavy atom.